The highest BCUT2D eigenvalue weighted by atomic mass is 19.4. The molecule has 0 bridgehead atoms. The van der Waals surface area contributed by atoms with E-state index < -0.39 is 11.7 Å². The van der Waals surface area contributed by atoms with Crippen LogP contribution in [0.15, 0.2) is 18.2 Å². The number of hydrogen-bond acceptors (Lipinski definition) is 3. The second-order valence-electron chi connectivity index (χ2n) is 2.85. The number of rotatable bonds is 1. The molecule has 1 aromatic carbocycles. The second-order valence-corrected chi connectivity index (χ2v) is 2.85. The van der Waals surface area contributed by atoms with Crippen LogP contribution in [-0.2, 0) is 6.18 Å². The molecule has 7 heteroatoms. The van der Waals surface area contributed by atoms with E-state index in [1.165, 1.54) is 13.2 Å². The van der Waals surface area contributed by atoms with Crippen molar-refractivity contribution < 1.29 is 18.0 Å². The summed E-state index contributed by atoms with van der Waals surface area (Å²) in [5, 5.41) is 7.15. The zero-order valence-corrected chi connectivity index (χ0v) is 7.62. The summed E-state index contributed by atoms with van der Waals surface area (Å²) in [6, 6.07) is 3.15. The smallest absolute Gasteiger partial charge is 0.398 e. The van der Waals surface area contributed by atoms with Crippen LogP contribution in [0.4, 0.5) is 13.2 Å². The van der Waals surface area contributed by atoms with Crippen LogP contribution in [0.1, 0.15) is 5.56 Å². The monoisotopic (exact) mass is 217 g/mol. The summed E-state index contributed by atoms with van der Waals surface area (Å²) >= 11 is 0. The number of fused-ring (bicyclic) bond motifs is 1. The first kappa shape index (κ1) is 9.75. The first-order valence-electron chi connectivity index (χ1n) is 3.99. The minimum Gasteiger partial charge on any atom is -0.398 e. The van der Waals surface area contributed by atoms with Gasteiger partial charge in [0.2, 0.25) is 0 Å². The van der Waals surface area contributed by atoms with Gasteiger partial charge in [0, 0.05) is 0 Å². The van der Waals surface area contributed by atoms with Gasteiger partial charge in [0.15, 0.2) is 0 Å². The summed E-state index contributed by atoms with van der Waals surface area (Å²) in [4.78, 5) is 5.65. The maximum atomic E-state index is 12.4. The third-order valence-electron chi connectivity index (χ3n) is 1.92. The van der Waals surface area contributed by atoms with Crippen molar-refractivity contribution in [2.45, 2.75) is 6.18 Å². The molecule has 2 rings (SSSR count). The number of alkyl halides is 3. The van der Waals surface area contributed by atoms with Gasteiger partial charge in [0.25, 0.3) is 0 Å². The van der Waals surface area contributed by atoms with Crippen molar-refractivity contribution in [2.24, 2.45) is 0 Å². The molecule has 0 radical (unpaired) electrons. The highest BCUT2D eigenvalue weighted by Gasteiger charge is 2.31. The lowest BCUT2D eigenvalue weighted by Crippen LogP contribution is -2.09. The fraction of sp³-hybridized carbons (Fsp3) is 0.250. The normalized spacial score (nSPS) is 12.0. The Bertz CT molecular complexity index is 491. The Kier molecular flexibility index (Phi) is 2.02. The number of halogens is 3. The summed E-state index contributed by atoms with van der Waals surface area (Å²) in [5.41, 5.74) is -0.215. The van der Waals surface area contributed by atoms with Gasteiger partial charge in [0.1, 0.15) is 18.1 Å². The molecule has 80 valence electrons. The maximum Gasteiger partial charge on any atom is 0.416 e. The van der Waals surface area contributed by atoms with Crippen LogP contribution in [0.2, 0.25) is 0 Å². The average Bonchev–Trinajstić information content (AvgIpc) is 2.57. The molecule has 2 aromatic rings. The Balaban J connectivity index is 2.63. The van der Waals surface area contributed by atoms with E-state index in [9.17, 15) is 13.2 Å². The van der Waals surface area contributed by atoms with Gasteiger partial charge in [-0.2, -0.15) is 13.2 Å². The Labute approximate surface area is 82.2 Å². The summed E-state index contributed by atoms with van der Waals surface area (Å²) < 4.78 is 37.1. The Morgan fingerprint density at radius 1 is 1.33 bits per heavy atom. The van der Waals surface area contributed by atoms with Crippen LogP contribution in [0, 0.1) is 0 Å². The predicted octanol–water partition coefficient (Wildman–Crippen LogP) is 1.51. The van der Waals surface area contributed by atoms with Crippen LogP contribution >= 0.6 is 0 Å². The Morgan fingerprint density at radius 2 is 2.07 bits per heavy atom. The van der Waals surface area contributed by atoms with Gasteiger partial charge >= 0.3 is 6.18 Å². The van der Waals surface area contributed by atoms with E-state index in [0.717, 1.165) is 17.0 Å². The van der Waals surface area contributed by atoms with Crippen molar-refractivity contribution in [2.75, 3.05) is 7.11 Å². The quantitative estimate of drug-likeness (QED) is 0.726. The molecule has 0 aliphatic rings. The molecule has 1 heterocycles. The number of nitrogens with zero attached hydrogens (tertiary/aromatic N) is 3. The van der Waals surface area contributed by atoms with E-state index in [0.29, 0.717) is 5.52 Å². The zero-order chi connectivity index (χ0) is 11.1. The highest BCUT2D eigenvalue weighted by Crippen LogP contribution is 2.30. The topological polar surface area (TPSA) is 39.9 Å². The van der Waals surface area contributed by atoms with Gasteiger partial charge in [0.05, 0.1) is 5.56 Å². The van der Waals surface area contributed by atoms with Crippen molar-refractivity contribution in [1.29, 1.82) is 0 Å². The molecular weight excluding hydrogens is 211 g/mol. The molecule has 0 amide bonds. The van der Waals surface area contributed by atoms with Crippen LogP contribution in [0.25, 0.3) is 11.0 Å². The number of benzene rings is 1. The lowest BCUT2D eigenvalue weighted by Gasteiger charge is -2.06. The highest BCUT2D eigenvalue weighted by molar-refractivity contribution is 5.74. The molecule has 0 saturated carbocycles. The third kappa shape index (κ3) is 1.60. The van der Waals surface area contributed by atoms with Crippen molar-refractivity contribution in [1.82, 2.24) is 15.2 Å². The molecule has 0 N–H and O–H groups in total. The lowest BCUT2D eigenvalue weighted by atomic mass is 10.2. The van der Waals surface area contributed by atoms with Gasteiger partial charge in [-0.25, -0.2) is 0 Å². The molecular formula is C8H6F3N3O. The molecule has 15 heavy (non-hydrogen) atoms. The van der Waals surface area contributed by atoms with E-state index in [-0.39, 0.29) is 5.52 Å². The van der Waals surface area contributed by atoms with E-state index >= 15 is 0 Å². The largest absolute Gasteiger partial charge is 0.416 e. The minimum atomic E-state index is -4.38. The van der Waals surface area contributed by atoms with Crippen LogP contribution in [0.5, 0.6) is 0 Å². The fourth-order valence-electron chi connectivity index (χ4n) is 1.21. The Hall–Kier alpha value is -1.79. The molecule has 0 unspecified atom stereocenters. The average molecular weight is 217 g/mol. The van der Waals surface area contributed by atoms with E-state index in [1.54, 1.807) is 0 Å². The predicted molar refractivity (Wildman–Crippen MR) is 45.0 cm³/mol. The summed E-state index contributed by atoms with van der Waals surface area (Å²) in [6.45, 7) is 0. The van der Waals surface area contributed by atoms with Gasteiger partial charge in [-0.15, -0.1) is 5.10 Å². The van der Waals surface area contributed by atoms with Crippen LogP contribution in [-0.4, -0.2) is 22.3 Å². The molecule has 4 nitrogen and oxygen atoms in total. The fourth-order valence-corrected chi connectivity index (χ4v) is 1.21. The SMILES string of the molecule is COn1nnc2ccc(C(F)(F)F)cc21. The molecule has 0 spiro atoms. The third-order valence-corrected chi connectivity index (χ3v) is 1.92. The maximum absolute atomic E-state index is 12.4. The molecule has 0 aliphatic carbocycles. The van der Waals surface area contributed by atoms with Crippen molar-refractivity contribution in [3.63, 3.8) is 0 Å². The van der Waals surface area contributed by atoms with Crippen molar-refractivity contribution in [3.8, 4) is 0 Å². The van der Waals surface area contributed by atoms with Gasteiger partial charge in [-0.05, 0) is 23.4 Å². The summed E-state index contributed by atoms with van der Waals surface area (Å²) in [5.74, 6) is 0. The van der Waals surface area contributed by atoms with Crippen LogP contribution < -0.4 is 4.84 Å². The lowest BCUT2D eigenvalue weighted by molar-refractivity contribution is -0.137. The molecule has 0 saturated heterocycles. The van der Waals surface area contributed by atoms with E-state index in [1.807, 2.05) is 0 Å². The molecule has 0 fully saturated rings. The number of aromatic nitrogens is 3. The van der Waals surface area contributed by atoms with Gasteiger partial charge < -0.3 is 4.84 Å². The standard InChI is InChI=1S/C8H6F3N3O/c1-15-14-7-4-5(8(9,10)11)2-3-6(7)12-13-14/h2-4H,1H3. The summed E-state index contributed by atoms with van der Waals surface area (Å²) in [6.07, 6.45) is -4.38. The minimum absolute atomic E-state index is 0.187. The second kappa shape index (κ2) is 3.11. The molecule has 0 aliphatic heterocycles. The van der Waals surface area contributed by atoms with Crippen LogP contribution in [0.3, 0.4) is 0 Å². The van der Waals surface area contributed by atoms with E-state index in [4.69, 9.17) is 4.84 Å². The first-order valence-corrected chi connectivity index (χ1v) is 3.99. The van der Waals surface area contributed by atoms with Gasteiger partial charge in [-0.1, -0.05) is 4.85 Å². The van der Waals surface area contributed by atoms with Gasteiger partial charge in [-0.3, -0.25) is 0 Å². The van der Waals surface area contributed by atoms with Crippen molar-refractivity contribution >= 4 is 11.0 Å². The summed E-state index contributed by atoms with van der Waals surface area (Å²) in [7, 11) is 1.30. The first-order chi connectivity index (χ1) is 7.02. The zero-order valence-electron chi connectivity index (χ0n) is 7.62. The van der Waals surface area contributed by atoms with Crippen molar-refractivity contribution in [3.05, 3.63) is 23.8 Å². The molecule has 0 atom stereocenters. The number of hydrogen-bond donors (Lipinski definition) is 0. The van der Waals surface area contributed by atoms with E-state index in [2.05, 4.69) is 10.3 Å². The Morgan fingerprint density at radius 3 is 2.67 bits per heavy atom. The molecule has 1 aromatic heterocycles.